The van der Waals surface area contributed by atoms with Crippen LogP contribution in [0.25, 0.3) is 10.8 Å². The van der Waals surface area contributed by atoms with E-state index >= 15 is 0 Å². The van der Waals surface area contributed by atoms with E-state index in [4.69, 9.17) is 0 Å². The van der Waals surface area contributed by atoms with Gasteiger partial charge in [0.1, 0.15) is 9.91 Å². The van der Waals surface area contributed by atoms with Crippen LogP contribution < -0.4 is 10.7 Å². The number of fused-ring (bicyclic) bond motifs is 1. The van der Waals surface area contributed by atoms with Gasteiger partial charge in [0.25, 0.3) is 0 Å². The number of aryl methyl sites for hydroxylation is 2. The Morgan fingerprint density at radius 3 is 2.71 bits per heavy atom. The van der Waals surface area contributed by atoms with Gasteiger partial charge in [-0.25, -0.2) is 0 Å². The number of hydrogen-bond donors (Lipinski definition) is 2. The first kappa shape index (κ1) is 18.6. The van der Waals surface area contributed by atoms with Gasteiger partial charge in [-0.05, 0) is 43.2 Å². The number of benzene rings is 3. The Hall–Kier alpha value is -2.79. The van der Waals surface area contributed by atoms with Crippen LogP contribution in [-0.4, -0.2) is 15.8 Å². The van der Waals surface area contributed by atoms with Gasteiger partial charge < -0.3 is 5.32 Å². The van der Waals surface area contributed by atoms with Gasteiger partial charge in [-0.3, -0.25) is 10.2 Å². The predicted molar refractivity (Wildman–Crippen MR) is 119 cm³/mol. The fraction of sp³-hybridized carbons (Fsp3) is 0.217. The molecule has 1 aliphatic heterocycles. The van der Waals surface area contributed by atoms with Crippen molar-refractivity contribution in [2.75, 3.05) is 5.32 Å². The van der Waals surface area contributed by atoms with Gasteiger partial charge in [-0.1, -0.05) is 71.9 Å². The summed E-state index contributed by atoms with van der Waals surface area (Å²) in [5.41, 5.74) is 7.38. The smallest absolute Gasteiger partial charge is 0.227 e. The quantitative estimate of drug-likeness (QED) is 0.645. The van der Waals surface area contributed by atoms with E-state index < -0.39 is 4.87 Å². The van der Waals surface area contributed by atoms with Crippen molar-refractivity contribution in [3.63, 3.8) is 0 Å². The topological polar surface area (TPSA) is 53.5 Å². The zero-order valence-corrected chi connectivity index (χ0v) is 17.1. The largest absolute Gasteiger partial charge is 0.326 e. The molecule has 0 unspecified atom stereocenters. The first-order valence-electron chi connectivity index (χ1n) is 9.33. The van der Waals surface area contributed by atoms with Crippen LogP contribution in [0.5, 0.6) is 0 Å². The molecule has 0 fully saturated rings. The summed E-state index contributed by atoms with van der Waals surface area (Å²) in [6.45, 7) is 6.07. The summed E-state index contributed by atoms with van der Waals surface area (Å²) in [6, 6.07) is 20.5. The summed E-state index contributed by atoms with van der Waals surface area (Å²) in [6.07, 6.45) is 0.322. The molecule has 0 aliphatic carbocycles. The number of carbonyl (C=O) groups is 1. The second kappa shape index (κ2) is 7.32. The number of nitrogens with zero attached hydrogens (tertiary/aromatic N) is 1. The molecule has 4 rings (SSSR count). The van der Waals surface area contributed by atoms with Gasteiger partial charge in [-0.2, -0.15) is 5.10 Å². The van der Waals surface area contributed by atoms with Crippen LogP contribution in [0.3, 0.4) is 0 Å². The van der Waals surface area contributed by atoms with Crippen LogP contribution in [0.4, 0.5) is 5.69 Å². The van der Waals surface area contributed by atoms with Crippen LogP contribution in [0.2, 0.25) is 0 Å². The molecular weight excluding hydrogens is 366 g/mol. The molecule has 0 aromatic heterocycles. The van der Waals surface area contributed by atoms with Crippen molar-refractivity contribution in [3.05, 3.63) is 77.4 Å². The molecule has 3 aromatic carbocycles. The van der Waals surface area contributed by atoms with Crippen molar-refractivity contribution in [2.45, 2.75) is 32.1 Å². The van der Waals surface area contributed by atoms with Crippen molar-refractivity contribution in [1.29, 1.82) is 0 Å². The Morgan fingerprint density at radius 1 is 1.11 bits per heavy atom. The highest BCUT2D eigenvalue weighted by Gasteiger charge is 2.35. The normalized spacial score (nSPS) is 18.6. The Morgan fingerprint density at radius 2 is 1.89 bits per heavy atom. The van der Waals surface area contributed by atoms with Gasteiger partial charge >= 0.3 is 0 Å². The van der Waals surface area contributed by atoms with E-state index in [0.29, 0.717) is 6.42 Å². The minimum Gasteiger partial charge on any atom is -0.326 e. The number of thioether (sulfide) groups is 1. The molecule has 2 N–H and O–H groups in total. The highest BCUT2D eigenvalue weighted by atomic mass is 32.2. The average molecular weight is 390 g/mol. The number of nitrogens with one attached hydrogen (secondary N) is 2. The second-order valence-electron chi connectivity index (χ2n) is 7.43. The van der Waals surface area contributed by atoms with E-state index in [1.807, 2.05) is 51.1 Å². The number of anilines is 1. The van der Waals surface area contributed by atoms with Crippen molar-refractivity contribution < 1.29 is 4.79 Å². The van der Waals surface area contributed by atoms with Gasteiger partial charge in [0.15, 0.2) is 0 Å². The molecule has 3 aromatic rings. The molecule has 0 saturated heterocycles. The van der Waals surface area contributed by atoms with Crippen LogP contribution in [-0.2, 0) is 4.79 Å². The molecular formula is C23H23N3OS. The van der Waals surface area contributed by atoms with Gasteiger partial charge in [-0.15, -0.1) is 0 Å². The van der Waals surface area contributed by atoms with Gasteiger partial charge in [0.2, 0.25) is 5.91 Å². The molecule has 0 saturated carbocycles. The molecule has 0 bridgehead atoms. The molecule has 0 radical (unpaired) electrons. The molecule has 4 nitrogen and oxygen atoms in total. The average Bonchev–Trinajstić information content (AvgIpc) is 3.05. The Kier molecular flexibility index (Phi) is 4.85. The summed E-state index contributed by atoms with van der Waals surface area (Å²) in [7, 11) is 0. The molecule has 142 valence electrons. The summed E-state index contributed by atoms with van der Waals surface area (Å²) in [5.74, 6) is -0.0242. The summed E-state index contributed by atoms with van der Waals surface area (Å²) in [4.78, 5) is 12.2. The highest BCUT2D eigenvalue weighted by Crippen LogP contribution is 2.36. The van der Waals surface area contributed by atoms with Gasteiger partial charge in [0, 0.05) is 11.3 Å². The van der Waals surface area contributed by atoms with Crippen LogP contribution in [0, 0.1) is 13.8 Å². The molecule has 5 heteroatoms. The lowest BCUT2D eigenvalue weighted by molar-refractivity contribution is -0.116. The van der Waals surface area contributed by atoms with Crippen LogP contribution in [0.15, 0.2) is 65.8 Å². The summed E-state index contributed by atoms with van der Waals surface area (Å²) < 4.78 is 0. The van der Waals surface area contributed by atoms with Crippen molar-refractivity contribution in [2.24, 2.45) is 5.10 Å². The number of hydrogen-bond acceptors (Lipinski definition) is 4. The lowest BCUT2D eigenvalue weighted by Gasteiger charge is -2.22. The number of amides is 1. The first-order valence-corrected chi connectivity index (χ1v) is 10.1. The fourth-order valence-corrected chi connectivity index (χ4v) is 4.59. The third-order valence-corrected chi connectivity index (χ3v) is 6.08. The zero-order valence-electron chi connectivity index (χ0n) is 16.2. The Bertz CT molecular complexity index is 1090. The highest BCUT2D eigenvalue weighted by molar-refractivity contribution is 8.15. The van der Waals surface area contributed by atoms with E-state index in [1.165, 1.54) is 16.3 Å². The maximum Gasteiger partial charge on any atom is 0.227 e. The minimum atomic E-state index is -0.477. The zero-order chi connectivity index (χ0) is 19.7. The van der Waals surface area contributed by atoms with Crippen molar-refractivity contribution >= 4 is 39.2 Å². The Labute approximate surface area is 169 Å². The van der Waals surface area contributed by atoms with E-state index in [2.05, 4.69) is 46.2 Å². The molecule has 0 spiro atoms. The molecule has 1 heterocycles. The Balaban J connectivity index is 1.48. The summed E-state index contributed by atoms with van der Waals surface area (Å²) in [5, 5.41) is 10.8. The number of hydrazone groups is 1. The first-order chi connectivity index (χ1) is 13.4. The summed E-state index contributed by atoms with van der Waals surface area (Å²) >= 11 is 1.60. The fourth-order valence-electron chi connectivity index (χ4n) is 3.49. The monoisotopic (exact) mass is 389 g/mol. The standard InChI is InChI=1S/C23H23N3OS/c1-15-11-12-20(16(2)13-15)24-21(27)14-23(3)26-25-22(28-23)19-10-6-8-17-7-4-5-9-18(17)19/h4-13,26H,14H2,1-3H3,(H,24,27)/t23-/m1/s1. The molecule has 28 heavy (non-hydrogen) atoms. The number of carbonyl (C=O) groups excluding carboxylic acids is 1. The van der Waals surface area contributed by atoms with E-state index in [1.54, 1.807) is 11.8 Å². The van der Waals surface area contributed by atoms with Crippen molar-refractivity contribution in [3.8, 4) is 0 Å². The number of rotatable bonds is 4. The third-order valence-electron chi connectivity index (χ3n) is 4.89. The molecule has 1 aliphatic rings. The van der Waals surface area contributed by atoms with E-state index in [0.717, 1.165) is 21.9 Å². The maximum absolute atomic E-state index is 12.7. The van der Waals surface area contributed by atoms with Crippen LogP contribution >= 0.6 is 11.8 Å². The third kappa shape index (κ3) is 3.76. The van der Waals surface area contributed by atoms with Crippen molar-refractivity contribution in [1.82, 2.24) is 5.43 Å². The maximum atomic E-state index is 12.7. The van der Waals surface area contributed by atoms with E-state index in [9.17, 15) is 4.79 Å². The SMILES string of the molecule is Cc1ccc(NC(=O)C[C@]2(C)NN=C(c3cccc4ccccc34)S2)c(C)c1. The van der Waals surface area contributed by atoms with Gasteiger partial charge in [0.05, 0.1) is 6.42 Å². The second-order valence-corrected chi connectivity index (χ2v) is 8.92. The molecule has 1 atom stereocenters. The minimum absolute atomic E-state index is 0.0242. The lowest BCUT2D eigenvalue weighted by atomic mass is 10.1. The molecule has 1 amide bonds. The lowest BCUT2D eigenvalue weighted by Crippen LogP contribution is -2.36. The predicted octanol–water partition coefficient (Wildman–Crippen LogP) is 5.20. The van der Waals surface area contributed by atoms with Crippen LogP contribution in [0.1, 0.15) is 30.0 Å². The van der Waals surface area contributed by atoms with E-state index in [-0.39, 0.29) is 5.91 Å².